The third-order valence-electron chi connectivity index (χ3n) is 3.91. The molecule has 1 amide bonds. The smallest absolute Gasteiger partial charge is 0.270 e. The second-order valence-electron chi connectivity index (χ2n) is 5.49. The number of hydrogen-bond acceptors (Lipinski definition) is 5. The summed E-state index contributed by atoms with van der Waals surface area (Å²) in [5.74, 6) is -1.18. The second-order valence-corrected chi connectivity index (χ2v) is 5.49. The van der Waals surface area contributed by atoms with Crippen LogP contribution in [0.1, 0.15) is 10.4 Å². The van der Waals surface area contributed by atoms with Crippen molar-refractivity contribution in [3.8, 4) is 0 Å². The van der Waals surface area contributed by atoms with Crippen molar-refractivity contribution in [1.29, 1.82) is 0 Å². The summed E-state index contributed by atoms with van der Waals surface area (Å²) in [5.41, 5.74) is 0.504. The van der Waals surface area contributed by atoms with E-state index in [0.29, 0.717) is 32.0 Å². The van der Waals surface area contributed by atoms with Crippen molar-refractivity contribution in [2.45, 2.75) is 0 Å². The van der Waals surface area contributed by atoms with Crippen molar-refractivity contribution in [3.05, 3.63) is 64.0 Å². The molecule has 130 valence electrons. The van der Waals surface area contributed by atoms with Gasteiger partial charge in [-0.15, -0.1) is 0 Å². The van der Waals surface area contributed by atoms with E-state index in [9.17, 15) is 19.3 Å². The van der Waals surface area contributed by atoms with Crippen molar-refractivity contribution >= 4 is 23.0 Å². The van der Waals surface area contributed by atoms with E-state index in [1.54, 1.807) is 12.1 Å². The van der Waals surface area contributed by atoms with Crippen molar-refractivity contribution in [2.24, 2.45) is 0 Å². The molecule has 2 aromatic carbocycles. The molecule has 2 aromatic rings. The largest absolute Gasteiger partial charge is 0.378 e. The summed E-state index contributed by atoms with van der Waals surface area (Å²) in [6, 6.07) is 9.86. The predicted octanol–water partition coefficient (Wildman–Crippen LogP) is 2.82. The van der Waals surface area contributed by atoms with Gasteiger partial charge in [0.2, 0.25) is 0 Å². The number of nitrogens with zero attached hydrogens (tertiary/aromatic N) is 2. The van der Waals surface area contributed by atoms with E-state index in [1.165, 1.54) is 30.3 Å². The summed E-state index contributed by atoms with van der Waals surface area (Å²) in [7, 11) is 0. The van der Waals surface area contributed by atoms with Gasteiger partial charge in [-0.25, -0.2) is 4.39 Å². The maximum Gasteiger partial charge on any atom is 0.270 e. The molecule has 3 rings (SSSR count). The summed E-state index contributed by atoms with van der Waals surface area (Å²) in [4.78, 5) is 25.1. The number of carbonyl (C=O) groups is 1. The first-order valence-corrected chi connectivity index (χ1v) is 7.73. The maximum absolute atomic E-state index is 13.8. The van der Waals surface area contributed by atoms with E-state index >= 15 is 0 Å². The SMILES string of the molecule is O=C(Nc1ccccc1F)c1cc([N+](=O)[O-])ccc1N1CCOCC1. The summed E-state index contributed by atoms with van der Waals surface area (Å²) < 4.78 is 19.1. The number of benzene rings is 2. The number of halogens is 1. The van der Waals surface area contributed by atoms with E-state index in [-0.39, 0.29) is 16.9 Å². The molecule has 7 nitrogen and oxygen atoms in total. The Morgan fingerprint density at radius 2 is 1.92 bits per heavy atom. The Labute approximate surface area is 143 Å². The molecule has 1 fully saturated rings. The number of hydrogen-bond donors (Lipinski definition) is 1. The van der Waals surface area contributed by atoms with Gasteiger partial charge in [0.05, 0.1) is 35.1 Å². The molecule has 1 saturated heterocycles. The zero-order valence-corrected chi connectivity index (χ0v) is 13.3. The molecule has 1 N–H and O–H groups in total. The number of ether oxygens (including phenoxy) is 1. The van der Waals surface area contributed by atoms with Crippen molar-refractivity contribution in [1.82, 2.24) is 0 Å². The van der Waals surface area contributed by atoms with Gasteiger partial charge < -0.3 is 15.0 Å². The van der Waals surface area contributed by atoms with Crippen molar-refractivity contribution in [2.75, 3.05) is 36.5 Å². The fourth-order valence-corrected chi connectivity index (χ4v) is 2.65. The Hall–Kier alpha value is -3.00. The predicted molar refractivity (Wildman–Crippen MR) is 90.5 cm³/mol. The Morgan fingerprint density at radius 1 is 1.20 bits per heavy atom. The lowest BCUT2D eigenvalue weighted by Gasteiger charge is -2.30. The highest BCUT2D eigenvalue weighted by Crippen LogP contribution is 2.27. The molecule has 1 aliphatic heterocycles. The second kappa shape index (κ2) is 7.27. The van der Waals surface area contributed by atoms with E-state index in [1.807, 2.05) is 4.90 Å². The molecular formula is C17H16FN3O4. The van der Waals surface area contributed by atoms with E-state index in [4.69, 9.17) is 4.74 Å². The zero-order chi connectivity index (χ0) is 17.8. The summed E-state index contributed by atoms with van der Waals surface area (Å²) >= 11 is 0. The molecule has 0 unspecified atom stereocenters. The minimum absolute atomic E-state index is 0.0203. The minimum Gasteiger partial charge on any atom is -0.378 e. The number of rotatable bonds is 4. The topological polar surface area (TPSA) is 84.7 Å². The molecule has 1 aliphatic rings. The Morgan fingerprint density at radius 3 is 2.60 bits per heavy atom. The average molecular weight is 345 g/mol. The Bertz CT molecular complexity index is 806. The van der Waals surface area contributed by atoms with Gasteiger partial charge in [-0.1, -0.05) is 12.1 Å². The van der Waals surface area contributed by atoms with E-state index in [0.717, 1.165) is 0 Å². The highest BCUT2D eigenvalue weighted by Gasteiger charge is 2.22. The minimum atomic E-state index is -0.602. The Balaban J connectivity index is 1.96. The molecule has 0 aromatic heterocycles. The van der Waals surface area contributed by atoms with Gasteiger partial charge in [0.1, 0.15) is 5.82 Å². The van der Waals surface area contributed by atoms with Crippen LogP contribution in [0.4, 0.5) is 21.5 Å². The van der Waals surface area contributed by atoms with Gasteiger partial charge in [-0.3, -0.25) is 14.9 Å². The maximum atomic E-state index is 13.8. The normalized spacial score (nSPS) is 14.2. The summed E-state index contributed by atoms with van der Waals surface area (Å²) in [5, 5.41) is 13.5. The van der Waals surface area contributed by atoms with Gasteiger partial charge in [0, 0.05) is 25.2 Å². The van der Waals surface area contributed by atoms with Gasteiger partial charge in [-0.2, -0.15) is 0 Å². The lowest BCUT2D eigenvalue weighted by atomic mass is 10.1. The van der Waals surface area contributed by atoms with Crippen LogP contribution in [0.25, 0.3) is 0 Å². The number of carbonyl (C=O) groups excluding carboxylic acids is 1. The van der Waals surface area contributed by atoms with Crippen LogP contribution in [0.5, 0.6) is 0 Å². The molecule has 0 spiro atoms. The number of morpholine rings is 1. The Kier molecular flexibility index (Phi) is 4.90. The van der Waals surface area contributed by atoms with Crippen LogP contribution in [0.3, 0.4) is 0 Å². The van der Waals surface area contributed by atoms with Gasteiger partial charge in [-0.05, 0) is 18.2 Å². The number of nitrogens with one attached hydrogen (secondary N) is 1. The van der Waals surface area contributed by atoms with Crippen LogP contribution in [0.2, 0.25) is 0 Å². The first-order chi connectivity index (χ1) is 12.1. The third kappa shape index (κ3) is 3.74. The monoisotopic (exact) mass is 345 g/mol. The average Bonchev–Trinajstić information content (AvgIpc) is 2.63. The standard InChI is InChI=1S/C17H16FN3O4/c18-14-3-1-2-4-15(14)19-17(22)13-11-12(21(23)24)5-6-16(13)20-7-9-25-10-8-20/h1-6,11H,7-10H2,(H,19,22). The summed E-state index contributed by atoms with van der Waals surface area (Å²) in [6.45, 7) is 2.15. The number of non-ortho nitro benzene ring substituents is 1. The fraction of sp³-hybridized carbons (Fsp3) is 0.235. The molecule has 1 heterocycles. The third-order valence-corrected chi connectivity index (χ3v) is 3.91. The van der Waals surface area contributed by atoms with Crippen molar-refractivity contribution in [3.63, 3.8) is 0 Å². The number of anilines is 2. The van der Waals surface area contributed by atoms with Crippen LogP contribution < -0.4 is 10.2 Å². The van der Waals surface area contributed by atoms with Crippen LogP contribution >= 0.6 is 0 Å². The van der Waals surface area contributed by atoms with Gasteiger partial charge >= 0.3 is 0 Å². The number of nitro groups is 1. The van der Waals surface area contributed by atoms with E-state index < -0.39 is 16.6 Å². The lowest BCUT2D eigenvalue weighted by Crippen LogP contribution is -2.37. The molecule has 0 bridgehead atoms. The van der Waals surface area contributed by atoms with Gasteiger partial charge in [0.25, 0.3) is 11.6 Å². The van der Waals surface area contributed by atoms with Crippen LogP contribution in [0, 0.1) is 15.9 Å². The molecule has 0 radical (unpaired) electrons. The summed E-state index contributed by atoms with van der Waals surface area (Å²) in [6.07, 6.45) is 0. The van der Waals surface area contributed by atoms with E-state index in [2.05, 4.69) is 5.32 Å². The van der Waals surface area contributed by atoms with Crippen LogP contribution in [-0.2, 0) is 4.74 Å². The zero-order valence-electron chi connectivity index (χ0n) is 13.3. The molecular weight excluding hydrogens is 329 g/mol. The number of nitro benzene ring substituents is 1. The van der Waals surface area contributed by atoms with Crippen LogP contribution in [0.15, 0.2) is 42.5 Å². The molecule has 0 aliphatic carbocycles. The molecule has 0 saturated carbocycles. The highest BCUT2D eigenvalue weighted by molar-refractivity contribution is 6.08. The van der Waals surface area contributed by atoms with Crippen molar-refractivity contribution < 1.29 is 18.8 Å². The first kappa shape index (κ1) is 16.8. The first-order valence-electron chi connectivity index (χ1n) is 7.73. The molecule has 8 heteroatoms. The quantitative estimate of drug-likeness (QED) is 0.680. The molecule has 0 atom stereocenters. The fourth-order valence-electron chi connectivity index (χ4n) is 2.65. The molecule has 25 heavy (non-hydrogen) atoms. The lowest BCUT2D eigenvalue weighted by molar-refractivity contribution is -0.384. The van der Waals surface area contributed by atoms with Gasteiger partial charge in [0.15, 0.2) is 0 Å². The highest BCUT2D eigenvalue weighted by atomic mass is 19.1. The number of amides is 1. The van der Waals surface area contributed by atoms with Crippen LogP contribution in [-0.4, -0.2) is 37.1 Å². The number of para-hydroxylation sites is 1.